The number of hydrogen-bond acceptors (Lipinski definition) is 6. The molecule has 0 radical (unpaired) electrons. The summed E-state index contributed by atoms with van der Waals surface area (Å²) in [6, 6.07) is 0. The van der Waals surface area contributed by atoms with Crippen LogP contribution in [-0.2, 0) is 28.6 Å². The molecule has 0 amide bonds. The van der Waals surface area contributed by atoms with Gasteiger partial charge in [-0.1, -0.05) is 259 Å². The van der Waals surface area contributed by atoms with Crippen LogP contribution in [-0.4, -0.2) is 37.2 Å². The molecule has 0 bridgehead atoms. The molecule has 0 spiro atoms. The molecule has 0 aliphatic carbocycles. The summed E-state index contributed by atoms with van der Waals surface area (Å²) in [5, 5.41) is 0. The van der Waals surface area contributed by atoms with Crippen molar-refractivity contribution in [2.24, 2.45) is 0 Å². The number of rotatable bonds is 56. The molecule has 0 aliphatic rings. The summed E-state index contributed by atoms with van der Waals surface area (Å²) in [6.07, 6.45) is 85.2. The topological polar surface area (TPSA) is 78.9 Å². The van der Waals surface area contributed by atoms with Crippen molar-refractivity contribution in [3.8, 4) is 0 Å². The van der Waals surface area contributed by atoms with Crippen molar-refractivity contribution in [2.75, 3.05) is 13.2 Å². The first-order chi connectivity index (χ1) is 37.0. The smallest absolute Gasteiger partial charge is 0.306 e. The quantitative estimate of drug-likeness (QED) is 0.0261. The van der Waals surface area contributed by atoms with Gasteiger partial charge in [0, 0.05) is 19.3 Å². The lowest BCUT2D eigenvalue weighted by Crippen LogP contribution is -2.30. The van der Waals surface area contributed by atoms with Crippen molar-refractivity contribution in [3.63, 3.8) is 0 Å². The van der Waals surface area contributed by atoms with Gasteiger partial charge in [0.1, 0.15) is 13.2 Å². The molecule has 0 aromatic heterocycles. The highest BCUT2D eigenvalue weighted by Gasteiger charge is 2.19. The van der Waals surface area contributed by atoms with Gasteiger partial charge in [0.2, 0.25) is 0 Å². The Labute approximate surface area is 463 Å². The molecule has 1 unspecified atom stereocenters. The molecule has 0 aromatic carbocycles. The molecule has 6 nitrogen and oxygen atoms in total. The number of carbonyl (C=O) groups excluding carboxylic acids is 3. The third-order valence-electron chi connectivity index (χ3n) is 13.2. The molecule has 6 heteroatoms. The van der Waals surface area contributed by atoms with Gasteiger partial charge >= 0.3 is 17.9 Å². The van der Waals surface area contributed by atoms with Crippen molar-refractivity contribution in [2.45, 2.75) is 297 Å². The maximum absolute atomic E-state index is 12.9. The standard InChI is InChI=1S/C69H116O6/c1-4-7-10-13-16-19-22-25-27-29-31-33-34-36-37-39-41-44-47-50-53-56-59-62-68(71)74-65-66(64-73-67(70)61-58-55-52-49-46-43-24-21-18-15-12-9-6-3)75-69(72)63-60-57-54-51-48-45-42-40-38-35-32-30-28-26-23-20-17-14-11-8-5-2/h8-9,11-12,17-18,20-22,25-26,28-29,31-32,35,43,46,66H,4-7,10,13-16,19,23-24,27,30,33-34,36-42,44-45,47-65H2,1-3H3/b11-8-,12-9-,20-17-,21-18-,25-22-,28-26-,31-29-,35-32-,46-43-. The second kappa shape index (κ2) is 62.6. The highest BCUT2D eigenvalue weighted by atomic mass is 16.6. The Hall–Kier alpha value is -3.93. The number of carbonyl (C=O) groups is 3. The number of unbranched alkanes of at least 4 members (excludes halogenated alkanes) is 27. The Morgan fingerprint density at radius 1 is 0.280 bits per heavy atom. The van der Waals surface area contributed by atoms with Crippen LogP contribution < -0.4 is 0 Å². The van der Waals surface area contributed by atoms with Crippen molar-refractivity contribution < 1.29 is 28.6 Å². The maximum Gasteiger partial charge on any atom is 0.306 e. The van der Waals surface area contributed by atoms with Gasteiger partial charge in [-0.15, -0.1) is 0 Å². The van der Waals surface area contributed by atoms with Crippen molar-refractivity contribution in [3.05, 3.63) is 109 Å². The number of hydrogen-bond donors (Lipinski definition) is 0. The lowest BCUT2D eigenvalue weighted by molar-refractivity contribution is -0.167. The molecule has 0 heterocycles. The first kappa shape index (κ1) is 71.1. The molecule has 1 atom stereocenters. The van der Waals surface area contributed by atoms with Gasteiger partial charge in [-0.2, -0.15) is 0 Å². The second-order valence-electron chi connectivity index (χ2n) is 20.5. The van der Waals surface area contributed by atoms with Gasteiger partial charge in [-0.3, -0.25) is 14.4 Å². The average molecular weight is 1040 g/mol. The number of allylic oxidation sites excluding steroid dienone is 18. The summed E-state index contributed by atoms with van der Waals surface area (Å²) in [4.78, 5) is 38.3. The fourth-order valence-corrected chi connectivity index (χ4v) is 8.60. The molecule has 0 aromatic rings. The maximum atomic E-state index is 12.9. The Bertz CT molecular complexity index is 1520. The summed E-state index contributed by atoms with van der Waals surface area (Å²) >= 11 is 0. The first-order valence-corrected chi connectivity index (χ1v) is 31.4. The summed E-state index contributed by atoms with van der Waals surface area (Å²) in [7, 11) is 0. The first-order valence-electron chi connectivity index (χ1n) is 31.4. The number of esters is 3. The molecule has 0 saturated heterocycles. The van der Waals surface area contributed by atoms with Crippen LogP contribution >= 0.6 is 0 Å². The van der Waals surface area contributed by atoms with E-state index in [4.69, 9.17) is 14.2 Å². The zero-order chi connectivity index (χ0) is 54.3. The Kier molecular flexibility index (Phi) is 59.3. The van der Waals surface area contributed by atoms with Gasteiger partial charge in [0.15, 0.2) is 6.10 Å². The van der Waals surface area contributed by atoms with E-state index in [1.54, 1.807) is 0 Å². The molecule has 0 N–H and O–H groups in total. The summed E-state index contributed by atoms with van der Waals surface area (Å²) < 4.78 is 16.9. The van der Waals surface area contributed by atoms with E-state index in [-0.39, 0.29) is 31.1 Å². The molecular weight excluding hydrogens is 925 g/mol. The number of ether oxygens (including phenoxy) is 3. The highest BCUT2D eigenvalue weighted by Crippen LogP contribution is 2.16. The predicted molar refractivity (Wildman–Crippen MR) is 325 cm³/mol. The van der Waals surface area contributed by atoms with Crippen LogP contribution in [0.4, 0.5) is 0 Å². The van der Waals surface area contributed by atoms with Crippen LogP contribution in [0.25, 0.3) is 0 Å². The molecular formula is C69H116O6. The van der Waals surface area contributed by atoms with E-state index in [0.29, 0.717) is 19.3 Å². The summed E-state index contributed by atoms with van der Waals surface area (Å²) in [5.74, 6) is -0.928. The zero-order valence-corrected chi connectivity index (χ0v) is 49.0. The van der Waals surface area contributed by atoms with Gasteiger partial charge in [0.05, 0.1) is 0 Å². The van der Waals surface area contributed by atoms with E-state index in [1.807, 2.05) is 0 Å². The SMILES string of the molecule is CC/C=C\C/C=C\C/C=C\C/C=C\CCCCCCCCCCC(=O)OC(COC(=O)CCCCC/C=C\C/C=C\C/C=C\CC)COC(=O)CCCCCCCCCCCCC/C=C\C/C=C\CCCCCCC. The minimum absolute atomic E-state index is 0.0925. The van der Waals surface area contributed by atoms with Gasteiger partial charge in [-0.25, -0.2) is 0 Å². The summed E-state index contributed by atoms with van der Waals surface area (Å²) in [5.41, 5.74) is 0. The summed E-state index contributed by atoms with van der Waals surface area (Å²) in [6.45, 7) is 6.39. The molecule has 0 rings (SSSR count). The highest BCUT2D eigenvalue weighted by molar-refractivity contribution is 5.71. The minimum Gasteiger partial charge on any atom is -0.462 e. The van der Waals surface area contributed by atoms with E-state index in [0.717, 1.165) is 122 Å². The van der Waals surface area contributed by atoms with E-state index in [1.165, 1.54) is 128 Å². The molecule has 0 saturated carbocycles. The van der Waals surface area contributed by atoms with Crippen LogP contribution in [0.5, 0.6) is 0 Å². The zero-order valence-electron chi connectivity index (χ0n) is 49.0. The fourth-order valence-electron chi connectivity index (χ4n) is 8.60. The van der Waals surface area contributed by atoms with E-state index >= 15 is 0 Å². The molecule has 0 aliphatic heterocycles. The monoisotopic (exact) mass is 1040 g/mol. The fraction of sp³-hybridized carbons (Fsp3) is 0.696. The Morgan fingerprint density at radius 3 is 0.827 bits per heavy atom. The minimum atomic E-state index is -0.798. The van der Waals surface area contributed by atoms with Crippen molar-refractivity contribution in [1.82, 2.24) is 0 Å². The van der Waals surface area contributed by atoms with E-state index in [2.05, 4.69) is 130 Å². The average Bonchev–Trinajstić information content (AvgIpc) is 3.41. The van der Waals surface area contributed by atoms with Crippen LogP contribution in [0.3, 0.4) is 0 Å². The Balaban J connectivity index is 4.37. The van der Waals surface area contributed by atoms with Crippen LogP contribution in [0.1, 0.15) is 290 Å². The van der Waals surface area contributed by atoms with Crippen LogP contribution in [0, 0.1) is 0 Å². The normalized spacial score (nSPS) is 12.8. The lowest BCUT2D eigenvalue weighted by Gasteiger charge is -2.18. The lowest BCUT2D eigenvalue weighted by atomic mass is 10.0. The predicted octanol–water partition coefficient (Wildman–Crippen LogP) is 21.4. The van der Waals surface area contributed by atoms with E-state index in [9.17, 15) is 14.4 Å². The largest absolute Gasteiger partial charge is 0.462 e. The van der Waals surface area contributed by atoms with Crippen molar-refractivity contribution in [1.29, 1.82) is 0 Å². The van der Waals surface area contributed by atoms with Gasteiger partial charge < -0.3 is 14.2 Å². The second-order valence-corrected chi connectivity index (χ2v) is 20.5. The third-order valence-corrected chi connectivity index (χ3v) is 13.2. The molecule has 75 heavy (non-hydrogen) atoms. The molecule has 428 valence electrons. The van der Waals surface area contributed by atoms with Crippen molar-refractivity contribution >= 4 is 17.9 Å². The Morgan fingerprint density at radius 2 is 0.520 bits per heavy atom. The van der Waals surface area contributed by atoms with Gasteiger partial charge in [-0.05, 0) is 122 Å². The van der Waals surface area contributed by atoms with Crippen LogP contribution in [0.15, 0.2) is 109 Å². The van der Waals surface area contributed by atoms with E-state index < -0.39 is 6.10 Å². The van der Waals surface area contributed by atoms with Gasteiger partial charge in [0.25, 0.3) is 0 Å². The third kappa shape index (κ3) is 60.8. The molecule has 0 fully saturated rings. The van der Waals surface area contributed by atoms with Crippen LogP contribution in [0.2, 0.25) is 0 Å².